The third-order valence-electron chi connectivity index (χ3n) is 4.90. The highest BCUT2D eigenvalue weighted by Gasteiger charge is 2.51. The van der Waals surface area contributed by atoms with Gasteiger partial charge in [0, 0.05) is 13.1 Å². The van der Waals surface area contributed by atoms with Crippen LogP contribution >= 0.6 is 0 Å². The summed E-state index contributed by atoms with van der Waals surface area (Å²) in [4.78, 5) is 2.24. The molecule has 0 atom stereocenters. The zero-order valence-corrected chi connectivity index (χ0v) is 14.5. The Morgan fingerprint density at radius 2 is 1.74 bits per heavy atom. The van der Waals surface area contributed by atoms with Crippen molar-refractivity contribution in [2.75, 3.05) is 33.0 Å². The maximum absolute atomic E-state index is 6.09. The third kappa shape index (κ3) is 3.71. The lowest BCUT2D eigenvalue weighted by atomic mass is 9.79. The summed E-state index contributed by atoms with van der Waals surface area (Å²) in [6, 6.07) is 7.97. The Balaban J connectivity index is 1.63. The second kappa shape index (κ2) is 6.44. The number of ether oxygens (including phenoxy) is 2. The van der Waals surface area contributed by atoms with E-state index in [1.807, 2.05) is 24.3 Å². The average molecular weight is 319 g/mol. The van der Waals surface area contributed by atoms with Crippen LogP contribution in [0.1, 0.15) is 27.7 Å². The lowest BCUT2D eigenvalue weighted by molar-refractivity contribution is 0.00409. The molecule has 0 radical (unpaired) electrons. The monoisotopic (exact) mass is 319 g/mol. The molecule has 0 spiro atoms. The van der Waals surface area contributed by atoms with Crippen LogP contribution in [-0.2, 0) is 14.0 Å². The molecule has 126 valence electrons. The minimum Gasteiger partial charge on any atom is -0.478 e. The standard InChI is InChI=1S/C17H26BNO4/c1-16(2)17(3,4)23-18(22-16)14-6-5-7-15(12-14)21-13-19-8-10-20-11-9-19/h5-7,12H,8-11,13H2,1-4H3. The van der Waals surface area contributed by atoms with E-state index in [0.717, 1.165) is 37.5 Å². The fourth-order valence-electron chi connectivity index (χ4n) is 2.63. The molecule has 1 aromatic carbocycles. The van der Waals surface area contributed by atoms with E-state index < -0.39 is 0 Å². The number of rotatable bonds is 4. The number of nitrogens with zero attached hydrogens (tertiary/aromatic N) is 1. The lowest BCUT2D eigenvalue weighted by Gasteiger charge is -2.32. The molecule has 6 heteroatoms. The molecule has 2 aliphatic rings. The van der Waals surface area contributed by atoms with Crippen LogP contribution in [-0.4, -0.2) is 56.3 Å². The van der Waals surface area contributed by atoms with Gasteiger partial charge >= 0.3 is 7.12 Å². The van der Waals surface area contributed by atoms with Gasteiger partial charge in [0.25, 0.3) is 0 Å². The Labute approximate surface area is 139 Å². The predicted octanol–water partition coefficient (Wildman–Crippen LogP) is 1.65. The molecule has 0 bridgehead atoms. The van der Waals surface area contributed by atoms with Gasteiger partial charge in [0.1, 0.15) is 12.5 Å². The van der Waals surface area contributed by atoms with Crippen LogP contribution in [0, 0.1) is 0 Å². The molecular weight excluding hydrogens is 293 g/mol. The average Bonchev–Trinajstić information content (AvgIpc) is 2.75. The van der Waals surface area contributed by atoms with Crippen molar-refractivity contribution in [1.82, 2.24) is 4.90 Å². The predicted molar refractivity (Wildman–Crippen MR) is 90.0 cm³/mol. The van der Waals surface area contributed by atoms with Gasteiger partial charge in [0.2, 0.25) is 0 Å². The summed E-state index contributed by atoms with van der Waals surface area (Å²) < 4.78 is 23.4. The van der Waals surface area contributed by atoms with Crippen molar-refractivity contribution < 1.29 is 18.8 Å². The molecule has 2 fully saturated rings. The highest BCUT2D eigenvalue weighted by atomic mass is 16.7. The van der Waals surface area contributed by atoms with Crippen molar-refractivity contribution >= 4 is 12.6 Å². The van der Waals surface area contributed by atoms with Crippen molar-refractivity contribution in [1.29, 1.82) is 0 Å². The van der Waals surface area contributed by atoms with Gasteiger partial charge in [-0.2, -0.15) is 0 Å². The zero-order valence-electron chi connectivity index (χ0n) is 14.5. The van der Waals surface area contributed by atoms with Gasteiger partial charge in [-0.15, -0.1) is 0 Å². The largest absolute Gasteiger partial charge is 0.494 e. The van der Waals surface area contributed by atoms with E-state index >= 15 is 0 Å². The quantitative estimate of drug-likeness (QED) is 0.790. The second-order valence-corrected chi connectivity index (χ2v) is 7.16. The Hall–Kier alpha value is -1.08. The zero-order chi connectivity index (χ0) is 16.5. The summed E-state index contributed by atoms with van der Waals surface area (Å²) in [6.45, 7) is 12.2. The van der Waals surface area contributed by atoms with Crippen LogP contribution in [0.15, 0.2) is 24.3 Å². The van der Waals surface area contributed by atoms with E-state index in [2.05, 4.69) is 32.6 Å². The lowest BCUT2D eigenvalue weighted by Crippen LogP contribution is -2.41. The molecule has 0 unspecified atom stereocenters. The Morgan fingerprint density at radius 1 is 1.09 bits per heavy atom. The number of hydrogen-bond donors (Lipinski definition) is 0. The fraction of sp³-hybridized carbons (Fsp3) is 0.647. The molecule has 2 saturated heterocycles. The second-order valence-electron chi connectivity index (χ2n) is 7.16. The van der Waals surface area contributed by atoms with E-state index in [1.165, 1.54) is 0 Å². The molecule has 2 aliphatic heterocycles. The van der Waals surface area contributed by atoms with Crippen molar-refractivity contribution in [3.8, 4) is 5.75 Å². The third-order valence-corrected chi connectivity index (χ3v) is 4.90. The maximum atomic E-state index is 6.09. The molecule has 0 aliphatic carbocycles. The van der Waals surface area contributed by atoms with Crippen molar-refractivity contribution in [3.05, 3.63) is 24.3 Å². The minimum atomic E-state index is -0.355. The molecular formula is C17H26BNO4. The highest BCUT2D eigenvalue weighted by molar-refractivity contribution is 6.62. The minimum absolute atomic E-state index is 0.331. The van der Waals surface area contributed by atoms with E-state index in [4.69, 9.17) is 18.8 Å². The van der Waals surface area contributed by atoms with Gasteiger partial charge in [-0.25, -0.2) is 0 Å². The summed E-state index contributed by atoms with van der Waals surface area (Å²) in [5.74, 6) is 0.837. The first-order valence-electron chi connectivity index (χ1n) is 8.26. The van der Waals surface area contributed by atoms with Gasteiger partial charge < -0.3 is 18.8 Å². The Bertz CT molecular complexity index is 527. The fourth-order valence-corrected chi connectivity index (χ4v) is 2.63. The van der Waals surface area contributed by atoms with E-state index in [9.17, 15) is 0 Å². The highest BCUT2D eigenvalue weighted by Crippen LogP contribution is 2.36. The SMILES string of the molecule is CC1(C)OB(c2cccc(OCN3CCOCC3)c2)OC1(C)C. The van der Waals surface area contributed by atoms with Crippen molar-refractivity contribution in [2.45, 2.75) is 38.9 Å². The molecule has 1 aromatic rings. The summed E-state index contributed by atoms with van der Waals surface area (Å²) in [5, 5.41) is 0. The maximum Gasteiger partial charge on any atom is 0.494 e. The smallest absolute Gasteiger partial charge is 0.478 e. The summed E-state index contributed by atoms with van der Waals surface area (Å²) in [7, 11) is -0.355. The molecule has 0 aromatic heterocycles. The van der Waals surface area contributed by atoms with Gasteiger partial charge in [-0.1, -0.05) is 12.1 Å². The Kier molecular flexibility index (Phi) is 4.69. The molecule has 5 nitrogen and oxygen atoms in total. The molecule has 23 heavy (non-hydrogen) atoms. The van der Waals surface area contributed by atoms with Crippen LogP contribution in [0.5, 0.6) is 5.75 Å². The summed E-state index contributed by atoms with van der Waals surface area (Å²) in [5.41, 5.74) is 0.327. The van der Waals surface area contributed by atoms with Gasteiger partial charge in [-0.05, 0) is 45.3 Å². The van der Waals surface area contributed by atoms with Gasteiger partial charge in [0.15, 0.2) is 0 Å². The molecule has 0 N–H and O–H groups in total. The van der Waals surface area contributed by atoms with E-state index in [-0.39, 0.29) is 18.3 Å². The first-order chi connectivity index (χ1) is 10.9. The first kappa shape index (κ1) is 16.8. The van der Waals surface area contributed by atoms with Crippen molar-refractivity contribution in [3.63, 3.8) is 0 Å². The van der Waals surface area contributed by atoms with E-state index in [1.54, 1.807) is 0 Å². The van der Waals surface area contributed by atoms with Crippen LogP contribution in [0.4, 0.5) is 0 Å². The normalized spacial score (nSPS) is 23.9. The van der Waals surface area contributed by atoms with Crippen LogP contribution in [0.25, 0.3) is 0 Å². The number of morpholine rings is 1. The molecule has 0 saturated carbocycles. The van der Waals surface area contributed by atoms with Gasteiger partial charge in [-0.3, -0.25) is 4.90 Å². The summed E-state index contributed by atoms with van der Waals surface area (Å²) >= 11 is 0. The summed E-state index contributed by atoms with van der Waals surface area (Å²) in [6.07, 6.45) is 0. The van der Waals surface area contributed by atoms with E-state index in [0.29, 0.717) is 6.73 Å². The van der Waals surface area contributed by atoms with Crippen LogP contribution < -0.4 is 10.2 Å². The van der Waals surface area contributed by atoms with Crippen LogP contribution in [0.2, 0.25) is 0 Å². The van der Waals surface area contributed by atoms with Crippen LogP contribution in [0.3, 0.4) is 0 Å². The molecule has 2 heterocycles. The molecule has 3 rings (SSSR count). The number of hydrogen-bond acceptors (Lipinski definition) is 5. The topological polar surface area (TPSA) is 40.2 Å². The van der Waals surface area contributed by atoms with Crippen molar-refractivity contribution in [2.24, 2.45) is 0 Å². The Morgan fingerprint density at radius 3 is 2.39 bits per heavy atom. The first-order valence-corrected chi connectivity index (χ1v) is 8.26. The molecule has 0 amide bonds. The van der Waals surface area contributed by atoms with Gasteiger partial charge in [0.05, 0.1) is 24.4 Å². The number of benzene rings is 1.